The van der Waals surface area contributed by atoms with Crippen LogP contribution in [0.4, 0.5) is 5.82 Å². The summed E-state index contributed by atoms with van der Waals surface area (Å²) in [6.45, 7) is 2.07. The van der Waals surface area contributed by atoms with Crippen molar-refractivity contribution in [2.75, 3.05) is 19.5 Å². The van der Waals surface area contributed by atoms with E-state index in [1.54, 1.807) is 7.11 Å². The molecule has 1 heterocycles. The first-order valence-electron chi connectivity index (χ1n) is 6.19. The van der Waals surface area contributed by atoms with Crippen molar-refractivity contribution in [1.82, 2.24) is 9.97 Å². The molecule has 0 saturated heterocycles. The zero-order valence-corrected chi connectivity index (χ0v) is 14.4. The van der Waals surface area contributed by atoms with Crippen molar-refractivity contribution in [3.8, 4) is 17.1 Å². The van der Waals surface area contributed by atoms with Gasteiger partial charge in [-0.3, -0.25) is 0 Å². The molecular formula is C14H15ClIN3O. The van der Waals surface area contributed by atoms with Crippen LogP contribution in [0.3, 0.4) is 0 Å². The van der Waals surface area contributed by atoms with Crippen LogP contribution in [0.5, 0.6) is 5.75 Å². The summed E-state index contributed by atoms with van der Waals surface area (Å²) >= 11 is 8.54. The van der Waals surface area contributed by atoms with E-state index in [1.807, 2.05) is 25.2 Å². The van der Waals surface area contributed by atoms with E-state index in [2.05, 4.69) is 44.8 Å². The van der Waals surface area contributed by atoms with Gasteiger partial charge in [-0.2, -0.15) is 0 Å². The maximum Gasteiger partial charge on any atom is 0.167 e. The Morgan fingerprint density at radius 3 is 2.70 bits per heavy atom. The highest BCUT2D eigenvalue weighted by molar-refractivity contribution is 14.1. The van der Waals surface area contributed by atoms with Gasteiger partial charge in [0.1, 0.15) is 11.6 Å². The number of aromatic nitrogens is 2. The number of aryl methyl sites for hydroxylation is 1. The van der Waals surface area contributed by atoms with Crippen molar-refractivity contribution in [3.63, 3.8) is 0 Å². The first-order valence-corrected chi connectivity index (χ1v) is 7.65. The second-order valence-electron chi connectivity index (χ2n) is 4.08. The predicted octanol–water partition coefficient (Wildman–Crippen LogP) is 4.01. The third-order valence-electron chi connectivity index (χ3n) is 2.91. The Morgan fingerprint density at radius 1 is 1.35 bits per heavy atom. The number of anilines is 1. The van der Waals surface area contributed by atoms with Crippen molar-refractivity contribution in [3.05, 3.63) is 32.5 Å². The lowest BCUT2D eigenvalue weighted by atomic mass is 10.1. The number of nitrogens with zero attached hydrogens (tertiary/aromatic N) is 2. The van der Waals surface area contributed by atoms with Crippen LogP contribution < -0.4 is 10.1 Å². The van der Waals surface area contributed by atoms with E-state index in [0.717, 1.165) is 27.1 Å². The number of hydrogen-bond acceptors (Lipinski definition) is 4. The molecule has 4 nitrogen and oxygen atoms in total. The molecule has 1 aromatic heterocycles. The molecule has 0 radical (unpaired) electrons. The van der Waals surface area contributed by atoms with Crippen molar-refractivity contribution >= 4 is 40.0 Å². The minimum Gasteiger partial charge on any atom is -0.496 e. The minimum atomic E-state index is 0.578. The molecule has 6 heteroatoms. The fourth-order valence-electron chi connectivity index (χ4n) is 1.90. The highest BCUT2D eigenvalue weighted by atomic mass is 127. The van der Waals surface area contributed by atoms with Crippen molar-refractivity contribution in [2.24, 2.45) is 0 Å². The molecule has 0 amide bonds. The molecule has 0 aliphatic carbocycles. The van der Waals surface area contributed by atoms with E-state index in [9.17, 15) is 0 Å². The van der Waals surface area contributed by atoms with Crippen LogP contribution >= 0.6 is 34.2 Å². The maximum atomic E-state index is 6.29. The number of benzene rings is 1. The first kappa shape index (κ1) is 15.3. The lowest BCUT2D eigenvalue weighted by Gasteiger charge is -2.13. The lowest BCUT2D eigenvalue weighted by Crippen LogP contribution is -2.05. The average molecular weight is 404 g/mol. The second kappa shape index (κ2) is 6.58. The van der Waals surface area contributed by atoms with Crippen LogP contribution in [0.25, 0.3) is 11.4 Å². The fourth-order valence-corrected chi connectivity index (χ4v) is 3.04. The largest absolute Gasteiger partial charge is 0.496 e. The summed E-state index contributed by atoms with van der Waals surface area (Å²) in [4.78, 5) is 9.16. The van der Waals surface area contributed by atoms with Gasteiger partial charge >= 0.3 is 0 Å². The minimum absolute atomic E-state index is 0.578. The lowest BCUT2D eigenvalue weighted by molar-refractivity contribution is 0.416. The molecule has 1 N–H and O–H groups in total. The van der Waals surface area contributed by atoms with E-state index in [4.69, 9.17) is 16.3 Å². The van der Waals surface area contributed by atoms with Gasteiger partial charge in [-0.1, -0.05) is 24.6 Å². The number of ether oxygens (including phenoxy) is 1. The van der Waals surface area contributed by atoms with Gasteiger partial charge in [0.15, 0.2) is 5.82 Å². The van der Waals surface area contributed by atoms with E-state index >= 15 is 0 Å². The van der Waals surface area contributed by atoms with Crippen LogP contribution in [0.15, 0.2) is 18.2 Å². The SMILES string of the molecule is CCc1nc(-c2c(Cl)cccc2OC)nc(NC)c1I. The topological polar surface area (TPSA) is 47.0 Å². The summed E-state index contributed by atoms with van der Waals surface area (Å²) in [6, 6.07) is 5.51. The third-order valence-corrected chi connectivity index (χ3v) is 4.36. The molecular weight excluding hydrogens is 389 g/mol. The van der Waals surface area contributed by atoms with Gasteiger partial charge in [-0.05, 0) is 41.1 Å². The zero-order chi connectivity index (χ0) is 14.7. The number of methoxy groups -OCH3 is 1. The maximum absolute atomic E-state index is 6.29. The number of nitrogens with one attached hydrogen (secondary N) is 1. The molecule has 0 bridgehead atoms. The molecule has 0 saturated carbocycles. The predicted molar refractivity (Wildman–Crippen MR) is 90.7 cm³/mol. The Balaban J connectivity index is 2.70. The summed E-state index contributed by atoms with van der Waals surface area (Å²) in [5, 5.41) is 3.67. The molecule has 0 fully saturated rings. The zero-order valence-electron chi connectivity index (χ0n) is 11.5. The van der Waals surface area contributed by atoms with Crippen molar-refractivity contribution in [1.29, 1.82) is 0 Å². The molecule has 106 valence electrons. The van der Waals surface area contributed by atoms with Gasteiger partial charge in [-0.25, -0.2) is 9.97 Å². The molecule has 2 aromatic rings. The van der Waals surface area contributed by atoms with Gasteiger partial charge in [0, 0.05) is 7.05 Å². The second-order valence-corrected chi connectivity index (χ2v) is 5.56. The van der Waals surface area contributed by atoms with Crippen LogP contribution in [-0.2, 0) is 6.42 Å². The monoisotopic (exact) mass is 403 g/mol. The van der Waals surface area contributed by atoms with E-state index in [0.29, 0.717) is 16.6 Å². The normalized spacial score (nSPS) is 10.4. The van der Waals surface area contributed by atoms with Gasteiger partial charge in [0.2, 0.25) is 0 Å². The van der Waals surface area contributed by atoms with Gasteiger partial charge < -0.3 is 10.1 Å². The van der Waals surface area contributed by atoms with Crippen LogP contribution in [0, 0.1) is 3.57 Å². The van der Waals surface area contributed by atoms with Crippen molar-refractivity contribution in [2.45, 2.75) is 13.3 Å². The Kier molecular flexibility index (Phi) is 5.04. The summed E-state index contributed by atoms with van der Waals surface area (Å²) in [7, 11) is 3.46. The van der Waals surface area contributed by atoms with E-state index < -0.39 is 0 Å². The highest BCUT2D eigenvalue weighted by Gasteiger charge is 2.17. The van der Waals surface area contributed by atoms with Crippen LogP contribution in [0.1, 0.15) is 12.6 Å². The summed E-state index contributed by atoms with van der Waals surface area (Å²) in [6.07, 6.45) is 0.829. The Labute approximate surface area is 137 Å². The number of rotatable bonds is 4. The smallest absolute Gasteiger partial charge is 0.167 e. The van der Waals surface area contributed by atoms with Gasteiger partial charge in [-0.15, -0.1) is 0 Å². The Bertz CT molecular complexity index is 609. The molecule has 1 aromatic carbocycles. The van der Waals surface area contributed by atoms with E-state index in [-0.39, 0.29) is 0 Å². The first-order chi connectivity index (χ1) is 9.62. The third kappa shape index (κ3) is 2.83. The van der Waals surface area contributed by atoms with Crippen LogP contribution in [0.2, 0.25) is 5.02 Å². The average Bonchev–Trinajstić information content (AvgIpc) is 2.47. The van der Waals surface area contributed by atoms with Gasteiger partial charge in [0.25, 0.3) is 0 Å². The summed E-state index contributed by atoms with van der Waals surface area (Å²) in [5.74, 6) is 2.05. The molecule has 2 rings (SSSR count). The van der Waals surface area contributed by atoms with Crippen molar-refractivity contribution < 1.29 is 4.74 Å². The molecule has 20 heavy (non-hydrogen) atoms. The molecule has 0 unspecified atom stereocenters. The van der Waals surface area contributed by atoms with Crippen LogP contribution in [-0.4, -0.2) is 24.1 Å². The molecule has 0 atom stereocenters. The summed E-state index contributed by atoms with van der Waals surface area (Å²) < 4.78 is 6.40. The Hall–Kier alpha value is -1.08. The Morgan fingerprint density at radius 2 is 2.10 bits per heavy atom. The molecule has 0 aliphatic rings. The fraction of sp³-hybridized carbons (Fsp3) is 0.286. The summed E-state index contributed by atoms with van der Waals surface area (Å²) in [5.41, 5.74) is 1.71. The highest BCUT2D eigenvalue weighted by Crippen LogP contribution is 2.35. The molecule has 0 spiro atoms. The number of hydrogen-bond donors (Lipinski definition) is 1. The standard InChI is InChI=1S/C14H15ClIN3O/c1-4-9-12(16)14(17-2)19-13(18-9)11-8(15)6-5-7-10(11)20-3/h5-7H,4H2,1-3H3,(H,17,18,19). The molecule has 0 aliphatic heterocycles. The number of halogens is 2. The quantitative estimate of drug-likeness (QED) is 0.784. The van der Waals surface area contributed by atoms with E-state index in [1.165, 1.54) is 0 Å². The van der Waals surface area contributed by atoms with Gasteiger partial charge in [0.05, 0.1) is 27.0 Å².